The SMILES string of the molecule is Cc1nc(-c2c(N)nc[n+](CCCc3nc4cccc(Cl)c4c(=O)n3-c3ccccc3)c2C)no1. The number of halogens is 1. The fourth-order valence-electron chi connectivity index (χ4n) is 4.17. The van der Waals surface area contributed by atoms with Crippen LogP contribution in [0.3, 0.4) is 0 Å². The van der Waals surface area contributed by atoms with Gasteiger partial charge in [0.15, 0.2) is 0 Å². The maximum absolute atomic E-state index is 13.5. The highest BCUT2D eigenvalue weighted by molar-refractivity contribution is 6.35. The summed E-state index contributed by atoms with van der Waals surface area (Å²) in [6.07, 6.45) is 2.95. The smallest absolute Gasteiger partial charge is 0.289 e. The lowest BCUT2D eigenvalue weighted by Crippen LogP contribution is -2.39. The van der Waals surface area contributed by atoms with Crippen LogP contribution in [-0.4, -0.2) is 24.7 Å². The number of benzene rings is 2. The van der Waals surface area contributed by atoms with Gasteiger partial charge in [0.2, 0.25) is 11.7 Å². The lowest BCUT2D eigenvalue weighted by molar-refractivity contribution is -0.705. The van der Waals surface area contributed by atoms with E-state index in [0.29, 0.717) is 64.2 Å². The topological polar surface area (TPSA) is 117 Å². The summed E-state index contributed by atoms with van der Waals surface area (Å²) in [5.74, 6) is 1.86. The Morgan fingerprint density at radius 3 is 2.63 bits per heavy atom. The molecule has 0 radical (unpaired) electrons. The van der Waals surface area contributed by atoms with Gasteiger partial charge in [-0.05, 0) is 42.6 Å². The van der Waals surface area contributed by atoms with Crippen LogP contribution in [-0.2, 0) is 13.0 Å². The summed E-state index contributed by atoms with van der Waals surface area (Å²) >= 11 is 6.36. The molecule has 176 valence electrons. The number of aryl methyl sites for hydroxylation is 3. The quantitative estimate of drug-likeness (QED) is 0.363. The summed E-state index contributed by atoms with van der Waals surface area (Å²) in [6, 6.07) is 14.8. The van der Waals surface area contributed by atoms with Crippen LogP contribution in [0.4, 0.5) is 5.82 Å². The van der Waals surface area contributed by atoms with Crippen molar-refractivity contribution in [3.63, 3.8) is 0 Å². The van der Waals surface area contributed by atoms with Crippen LogP contribution >= 0.6 is 11.6 Å². The Labute approximate surface area is 205 Å². The van der Waals surface area contributed by atoms with E-state index in [9.17, 15) is 4.79 Å². The van der Waals surface area contributed by atoms with E-state index in [-0.39, 0.29) is 5.56 Å². The summed E-state index contributed by atoms with van der Waals surface area (Å²) in [5, 5.41) is 4.79. The molecule has 0 bridgehead atoms. The van der Waals surface area contributed by atoms with Gasteiger partial charge in [0.1, 0.15) is 17.1 Å². The van der Waals surface area contributed by atoms with Crippen molar-refractivity contribution in [2.24, 2.45) is 0 Å². The van der Waals surface area contributed by atoms with E-state index in [2.05, 4.69) is 15.1 Å². The molecule has 9 nitrogen and oxygen atoms in total. The molecule has 0 aliphatic heterocycles. The first-order valence-corrected chi connectivity index (χ1v) is 11.5. The van der Waals surface area contributed by atoms with E-state index in [1.807, 2.05) is 47.9 Å². The molecule has 0 aliphatic carbocycles. The Kier molecular flexibility index (Phi) is 6.00. The first-order chi connectivity index (χ1) is 16.9. The molecule has 0 atom stereocenters. The second kappa shape index (κ2) is 9.27. The monoisotopic (exact) mass is 488 g/mol. The summed E-state index contributed by atoms with van der Waals surface area (Å²) in [7, 11) is 0. The van der Waals surface area contributed by atoms with Crippen LogP contribution in [0.5, 0.6) is 0 Å². The third-order valence-electron chi connectivity index (χ3n) is 5.87. The number of para-hydroxylation sites is 1. The number of hydrogen-bond donors (Lipinski definition) is 1. The molecule has 0 aliphatic rings. The molecule has 0 spiro atoms. The Hall–Kier alpha value is -4.11. The number of nitrogens with zero attached hydrogens (tertiary/aromatic N) is 6. The zero-order chi connectivity index (χ0) is 24.5. The lowest BCUT2D eigenvalue weighted by atomic mass is 10.2. The molecule has 2 N–H and O–H groups in total. The van der Waals surface area contributed by atoms with Gasteiger partial charge in [0, 0.05) is 13.3 Å². The highest BCUT2D eigenvalue weighted by Gasteiger charge is 2.22. The van der Waals surface area contributed by atoms with Gasteiger partial charge in [-0.3, -0.25) is 9.36 Å². The number of aromatic nitrogens is 6. The average molecular weight is 489 g/mol. The summed E-state index contributed by atoms with van der Waals surface area (Å²) in [5.41, 5.74) is 8.77. The van der Waals surface area contributed by atoms with Gasteiger partial charge in [-0.15, -0.1) is 0 Å². The highest BCUT2D eigenvalue weighted by atomic mass is 35.5. The predicted molar refractivity (Wildman–Crippen MR) is 132 cm³/mol. The molecule has 10 heteroatoms. The zero-order valence-corrected chi connectivity index (χ0v) is 20.0. The molecule has 5 rings (SSSR count). The molecule has 3 heterocycles. The van der Waals surface area contributed by atoms with Crippen molar-refractivity contribution in [2.75, 3.05) is 5.73 Å². The van der Waals surface area contributed by atoms with Gasteiger partial charge in [0.05, 0.1) is 28.2 Å². The standard InChI is InChI=1S/C25H22ClN7O2/c1-15-21(24-29-16(2)35-31-24)23(27)28-14-32(15)13-7-12-20-30-19-11-6-10-18(26)22(19)25(34)33(20)17-8-4-3-5-9-17/h3-6,8-11,14,27H,7,12-13H2,1-2H3/p+1. The van der Waals surface area contributed by atoms with Crippen molar-refractivity contribution in [1.29, 1.82) is 0 Å². The Morgan fingerprint density at radius 2 is 1.89 bits per heavy atom. The summed E-state index contributed by atoms with van der Waals surface area (Å²) in [4.78, 5) is 26.9. The third kappa shape index (κ3) is 4.26. The second-order valence-corrected chi connectivity index (χ2v) is 8.57. The van der Waals surface area contributed by atoms with Gasteiger partial charge < -0.3 is 10.3 Å². The number of nitrogen functional groups attached to an aromatic ring is 1. The molecule has 0 fully saturated rings. The van der Waals surface area contributed by atoms with Crippen LogP contribution in [0.1, 0.15) is 23.8 Å². The maximum Gasteiger partial charge on any atom is 0.289 e. The number of rotatable bonds is 6. The number of hydrogen-bond acceptors (Lipinski definition) is 7. The highest BCUT2D eigenvalue weighted by Crippen LogP contribution is 2.23. The Balaban J connectivity index is 1.49. The molecule has 0 amide bonds. The molecule has 3 aromatic heterocycles. The maximum atomic E-state index is 13.5. The van der Waals surface area contributed by atoms with Crippen molar-refractivity contribution in [2.45, 2.75) is 33.2 Å². The minimum absolute atomic E-state index is 0.186. The van der Waals surface area contributed by atoms with E-state index >= 15 is 0 Å². The van der Waals surface area contributed by atoms with Crippen molar-refractivity contribution >= 4 is 28.3 Å². The summed E-state index contributed by atoms with van der Waals surface area (Å²) in [6.45, 7) is 4.29. The van der Waals surface area contributed by atoms with Crippen LogP contribution in [0.25, 0.3) is 28.0 Å². The van der Waals surface area contributed by atoms with Crippen LogP contribution < -0.4 is 15.9 Å². The molecule has 35 heavy (non-hydrogen) atoms. The van der Waals surface area contributed by atoms with Gasteiger partial charge >= 0.3 is 0 Å². The number of nitrogens with two attached hydrogens (primary N) is 1. The molecule has 0 saturated carbocycles. The molecular formula is C25H23ClN7O2+. The number of fused-ring (bicyclic) bond motifs is 1. The third-order valence-corrected chi connectivity index (χ3v) is 6.18. The van der Waals surface area contributed by atoms with Crippen LogP contribution in [0.2, 0.25) is 5.02 Å². The largest absolute Gasteiger partial charge is 0.362 e. The Bertz CT molecular complexity index is 1600. The van der Waals surface area contributed by atoms with Crippen LogP contribution in [0.15, 0.2) is 64.2 Å². The minimum atomic E-state index is -0.186. The van der Waals surface area contributed by atoms with E-state index in [1.165, 1.54) is 0 Å². The first kappa shape index (κ1) is 22.7. The second-order valence-electron chi connectivity index (χ2n) is 8.16. The van der Waals surface area contributed by atoms with E-state index in [1.54, 1.807) is 30.0 Å². The molecule has 0 unspecified atom stereocenters. The van der Waals surface area contributed by atoms with Crippen molar-refractivity contribution in [1.82, 2.24) is 24.7 Å². The Morgan fingerprint density at radius 1 is 1.09 bits per heavy atom. The average Bonchev–Trinajstić information content (AvgIpc) is 3.27. The predicted octanol–water partition coefficient (Wildman–Crippen LogP) is 3.60. The van der Waals surface area contributed by atoms with E-state index in [4.69, 9.17) is 26.8 Å². The van der Waals surface area contributed by atoms with Gasteiger partial charge in [0.25, 0.3) is 17.7 Å². The van der Waals surface area contributed by atoms with Gasteiger partial charge in [-0.2, -0.15) is 4.98 Å². The molecular weight excluding hydrogens is 466 g/mol. The molecule has 2 aromatic carbocycles. The van der Waals surface area contributed by atoms with E-state index < -0.39 is 0 Å². The first-order valence-electron chi connectivity index (χ1n) is 11.1. The van der Waals surface area contributed by atoms with Crippen LogP contribution in [0, 0.1) is 13.8 Å². The number of anilines is 1. The molecule has 0 saturated heterocycles. The zero-order valence-electron chi connectivity index (χ0n) is 19.3. The van der Waals surface area contributed by atoms with E-state index in [0.717, 1.165) is 11.4 Å². The molecule has 5 aromatic rings. The minimum Gasteiger partial charge on any atom is -0.362 e. The lowest BCUT2D eigenvalue weighted by Gasteiger charge is -2.14. The fourth-order valence-corrected chi connectivity index (χ4v) is 4.42. The van der Waals surface area contributed by atoms with Crippen molar-refractivity contribution < 1.29 is 9.09 Å². The van der Waals surface area contributed by atoms with Gasteiger partial charge in [-0.1, -0.05) is 41.0 Å². The van der Waals surface area contributed by atoms with Crippen molar-refractivity contribution in [3.8, 4) is 17.1 Å². The summed E-state index contributed by atoms with van der Waals surface area (Å²) < 4.78 is 8.74. The normalized spacial score (nSPS) is 11.3. The van der Waals surface area contributed by atoms with Crippen molar-refractivity contribution in [3.05, 3.63) is 87.6 Å². The fraction of sp³-hybridized carbons (Fsp3) is 0.200. The van der Waals surface area contributed by atoms with Gasteiger partial charge in [-0.25, -0.2) is 9.55 Å².